The van der Waals surface area contributed by atoms with Crippen LogP contribution in [0.25, 0.3) is 77.1 Å². The third-order valence-corrected chi connectivity index (χ3v) is 10.1. The van der Waals surface area contributed by atoms with E-state index in [1.807, 2.05) is 12.1 Å². The van der Waals surface area contributed by atoms with Gasteiger partial charge in [-0.2, -0.15) is 0 Å². The summed E-state index contributed by atoms with van der Waals surface area (Å²) in [5.41, 5.74) is 12.8. The van der Waals surface area contributed by atoms with Crippen LogP contribution in [-0.2, 0) is 0 Å². The van der Waals surface area contributed by atoms with Crippen molar-refractivity contribution in [3.05, 3.63) is 194 Å². The number of rotatable bonds is 6. The maximum atomic E-state index is 6.52. The smallest absolute Gasteiger partial charge is 0.144 e. The third kappa shape index (κ3) is 5.10. The van der Waals surface area contributed by atoms with E-state index in [4.69, 9.17) is 9.40 Å². The molecular formula is C49H32N2O. The van der Waals surface area contributed by atoms with E-state index >= 15 is 0 Å². The first-order chi connectivity index (χ1) is 25.8. The van der Waals surface area contributed by atoms with Crippen LogP contribution in [0.3, 0.4) is 0 Å². The number of nitrogens with zero attached hydrogens (tertiary/aromatic N) is 2. The molecule has 10 rings (SSSR count). The molecule has 3 nitrogen and oxygen atoms in total. The van der Waals surface area contributed by atoms with Gasteiger partial charge in [0.15, 0.2) is 0 Å². The van der Waals surface area contributed by atoms with Gasteiger partial charge in [-0.25, -0.2) is 4.98 Å². The first-order valence-corrected chi connectivity index (χ1v) is 17.6. The van der Waals surface area contributed by atoms with E-state index in [-0.39, 0.29) is 0 Å². The average molecular weight is 665 g/mol. The number of aromatic nitrogens is 1. The van der Waals surface area contributed by atoms with Crippen LogP contribution >= 0.6 is 0 Å². The lowest BCUT2D eigenvalue weighted by atomic mass is 9.96. The molecule has 52 heavy (non-hydrogen) atoms. The Morgan fingerprint density at radius 2 is 0.827 bits per heavy atom. The average Bonchev–Trinajstić information content (AvgIpc) is 3.61. The highest BCUT2D eigenvalue weighted by atomic mass is 16.3. The van der Waals surface area contributed by atoms with Crippen molar-refractivity contribution in [3.8, 4) is 33.5 Å². The molecule has 10 aromatic rings. The Bertz CT molecular complexity index is 2860. The van der Waals surface area contributed by atoms with Gasteiger partial charge in [0.25, 0.3) is 0 Å². The van der Waals surface area contributed by atoms with Crippen molar-refractivity contribution < 1.29 is 4.42 Å². The molecular weight excluding hydrogens is 633 g/mol. The Hall–Kier alpha value is -6.97. The van der Waals surface area contributed by atoms with Crippen LogP contribution < -0.4 is 4.90 Å². The van der Waals surface area contributed by atoms with Crippen molar-refractivity contribution in [2.75, 3.05) is 4.90 Å². The van der Waals surface area contributed by atoms with Crippen molar-refractivity contribution in [2.45, 2.75) is 0 Å². The summed E-state index contributed by atoms with van der Waals surface area (Å²) >= 11 is 0. The molecule has 0 spiro atoms. The molecule has 0 saturated heterocycles. The zero-order chi connectivity index (χ0) is 34.4. The van der Waals surface area contributed by atoms with Gasteiger partial charge in [-0.15, -0.1) is 0 Å². The summed E-state index contributed by atoms with van der Waals surface area (Å²) in [6, 6.07) is 68.4. The van der Waals surface area contributed by atoms with Crippen molar-refractivity contribution in [3.63, 3.8) is 0 Å². The highest BCUT2D eigenvalue weighted by Crippen LogP contribution is 2.41. The summed E-state index contributed by atoms with van der Waals surface area (Å²) in [4.78, 5) is 7.50. The summed E-state index contributed by atoms with van der Waals surface area (Å²) < 4.78 is 6.52. The fourth-order valence-corrected chi connectivity index (χ4v) is 7.52. The highest BCUT2D eigenvalue weighted by molar-refractivity contribution is 6.24. The predicted molar refractivity (Wildman–Crippen MR) is 218 cm³/mol. The monoisotopic (exact) mass is 664 g/mol. The highest BCUT2D eigenvalue weighted by Gasteiger charge is 2.18. The maximum absolute atomic E-state index is 6.52. The minimum atomic E-state index is 0.899. The molecule has 3 heteroatoms. The summed E-state index contributed by atoms with van der Waals surface area (Å²) in [5, 5.41) is 5.54. The van der Waals surface area contributed by atoms with E-state index in [1.54, 1.807) is 0 Å². The van der Waals surface area contributed by atoms with Gasteiger partial charge in [0, 0.05) is 49.6 Å². The van der Waals surface area contributed by atoms with Gasteiger partial charge in [0.1, 0.15) is 11.2 Å². The normalized spacial score (nSPS) is 11.5. The largest absolute Gasteiger partial charge is 0.455 e. The number of fused-ring (bicyclic) bond motifs is 7. The second-order valence-corrected chi connectivity index (χ2v) is 13.1. The topological polar surface area (TPSA) is 29.3 Å². The minimum absolute atomic E-state index is 0.899. The lowest BCUT2D eigenvalue weighted by molar-refractivity contribution is 0.673. The molecule has 0 radical (unpaired) electrons. The van der Waals surface area contributed by atoms with Crippen molar-refractivity contribution in [1.82, 2.24) is 4.98 Å². The SMILES string of the molecule is c1ccc(-c2ccc(N(c3ccccc3)c3ccc(-c4ccc(-c5nc6ccccc6c6c5ccc5c7ccccc7oc56)cc4)cc3)cc2)cc1. The molecule has 0 aliphatic carbocycles. The first-order valence-electron chi connectivity index (χ1n) is 17.6. The van der Waals surface area contributed by atoms with Gasteiger partial charge in [-0.1, -0.05) is 140 Å². The summed E-state index contributed by atoms with van der Waals surface area (Å²) in [7, 11) is 0. The summed E-state index contributed by atoms with van der Waals surface area (Å²) in [6.07, 6.45) is 0. The number of hydrogen-bond acceptors (Lipinski definition) is 3. The summed E-state index contributed by atoms with van der Waals surface area (Å²) in [5.74, 6) is 0. The van der Waals surface area contributed by atoms with Crippen LogP contribution in [0, 0.1) is 0 Å². The lowest BCUT2D eigenvalue weighted by Crippen LogP contribution is -2.09. The molecule has 0 atom stereocenters. The van der Waals surface area contributed by atoms with Crippen molar-refractivity contribution in [2.24, 2.45) is 0 Å². The predicted octanol–water partition coefficient (Wildman–Crippen LogP) is 13.8. The van der Waals surface area contributed by atoms with Crippen LogP contribution in [-0.4, -0.2) is 4.98 Å². The molecule has 244 valence electrons. The number of anilines is 3. The van der Waals surface area contributed by atoms with Gasteiger partial charge in [-0.05, 0) is 76.9 Å². The molecule has 0 fully saturated rings. The number of benzene rings is 8. The molecule has 2 aromatic heterocycles. The standard InChI is InChI=1S/C49H32N2O/c1-3-11-33(12-4-1)35-23-27-39(28-24-35)51(38-13-5-2-6-14-38)40-29-25-36(26-30-40)34-19-21-37(22-20-34)48-44-32-31-42-41-15-8-10-18-46(41)52-49(42)47(44)43-16-7-9-17-45(43)50-48/h1-32H. The van der Waals surface area contributed by atoms with E-state index < -0.39 is 0 Å². The van der Waals surface area contributed by atoms with Crippen LogP contribution in [0.1, 0.15) is 0 Å². The molecule has 8 aromatic carbocycles. The van der Waals surface area contributed by atoms with Crippen LogP contribution in [0.5, 0.6) is 0 Å². The van der Waals surface area contributed by atoms with Gasteiger partial charge >= 0.3 is 0 Å². The first kappa shape index (κ1) is 29.9. The van der Waals surface area contributed by atoms with E-state index in [0.29, 0.717) is 0 Å². The van der Waals surface area contributed by atoms with Crippen LogP contribution in [0.15, 0.2) is 199 Å². The van der Waals surface area contributed by atoms with Crippen molar-refractivity contribution in [1.29, 1.82) is 0 Å². The van der Waals surface area contributed by atoms with E-state index in [2.05, 4.69) is 187 Å². The number of para-hydroxylation sites is 3. The Labute approximate surface area is 301 Å². The molecule has 0 N–H and O–H groups in total. The van der Waals surface area contributed by atoms with Gasteiger partial charge in [0.2, 0.25) is 0 Å². The molecule has 0 bridgehead atoms. The maximum Gasteiger partial charge on any atom is 0.144 e. The quantitative estimate of drug-likeness (QED) is 0.166. The van der Waals surface area contributed by atoms with Crippen LogP contribution in [0.4, 0.5) is 17.1 Å². The van der Waals surface area contributed by atoms with Gasteiger partial charge < -0.3 is 9.32 Å². The molecule has 2 heterocycles. The number of furan rings is 1. The molecule has 0 unspecified atom stereocenters. The number of hydrogen-bond donors (Lipinski definition) is 0. The van der Waals surface area contributed by atoms with Gasteiger partial charge in [0.05, 0.1) is 11.2 Å². The zero-order valence-electron chi connectivity index (χ0n) is 28.3. The van der Waals surface area contributed by atoms with E-state index in [9.17, 15) is 0 Å². The van der Waals surface area contributed by atoms with Crippen LogP contribution in [0.2, 0.25) is 0 Å². The third-order valence-electron chi connectivity index (χ3n) is 10.1. The minimum Gasteiger partial charge on any atom is -0.455 e. The van der Waals surface area contributed by atoms with E-state index in [0.717, 1.165) is 83.1 Å². The Morgan fingerprint density at radius 3 is 1.50 bits per heavy atom. The number of pyridine rings is 1. The van der Waals surface area contributed by atoms with Gasteiger partial charge in [-0.3, -0.25) is 0 Å². The van der Waals surface area contributed by atoms with E-state index in [1.165, 1.54) is 11.1 Å². The summed E-state index contributed by atoms with van der Waals surface area (Å²) in [6.45, 7) is 0. The molecule has 0 aliphatic heterocycles. The Kier molecular flexibility index (Phi) is 7.14. The second kappa shape index (κ2) is 12.4. The lowest BCUT2D eigenvalue weighted by Gasteiger charge is -2.26. The Balaban J connectivity index is 1.01. The zero-order valence-corrected chi connectivity index (χ0v) is 28.3. The van der Waals surface area contributed by atoms with Crippen molar-refractivity contribution >= 4 is 60.7 Å². The second-order valence-electron chi connectivity index (χ2n) is 13.1. The molecule has 0 aliphatic rings. The molecule has 0 saturated carbocycles. The molecule has 0 amide bonds. The fraction of sp³-hybridized carbons (Fsp3) is 0. The fourth-order valence-electron chi connectivity index (χ4n) is 7.52. The Morgan fingerprint density at radius 1 is 0.346 bits per heavy atom.